The predicted octanol–water partition coefficient (Wildman–Crippen LogP) is 4.25. The summed E-state index contributed by atoms with van der Waals surface area (Å²) >= 11 is 1.78. The first kappa shape index (κ1) is 14.6. The fraction of sp³-hybridized carbons (Fsp3) is 0.632. The Labute approximate surface area is 137 Å². The van der Waals surface area contributed by atoms with Crippen molar-refractivity contribution in [1.29, 1.82) is 0 Å². The van der Waals surface area contributed by atoms with E-state index in [1.807, 2.05) is 6.07 Å². The average Bonchev–Trinajstić information content (AvgIpc) is 2.46. The number of hydrogen-bond donors (Lipinski definition) is 1. The Balaban J connectivity index is 1.29. The van der Waals surface area contributed by atoms with Gasteiger partial charge in [-0.15, -0.1) is 11.8 Å². The maximum atomic E-state index is 12.4. The van der Waals surface area contributed by atoms with Crippen LogP contribution >= 0.6 is 11.8 Å². The first-order valence-corrected chi connectivity index (χ1v) is 9.68. The molecule has 4 saturated carbocycles. The van der Waals surface area contributed by atoms with Gasteiger partial charge in [0.2, 0.25) is 5.91 Å². The molecule has 3 heteroatoms. The fourth-order valence-corrected chi connectivity index (χ4v) is 6.27. The van der Waals surface area contributed by atoms with Crippen molar-refractivity contribution < 1.29 is 4.79 Å². The Bertz CT molecular complexity index is 506. The summed E-state index contributed by atoms with van der Waals surface area (Å²) in [5.41, 5.74) is 0.170. The lowest BCUT2D eigenvalue weighted by atomic mass is 9.53. The quantitative estimate of drug-likeness (QED) is 0.823. The van der Waals surface area contributed by atoms with E-state index < -0.39 is 0 Å². The highest BCUT2D eigenvalue weighted by atomic mass is 32.2. The van der Waals surface area contributed by atoms with Crippen LogP contribution in [0.2, 0.25) is 0 Å². The van der Waals surface area contributed by atoms with Crippen LogP contribution in [0, 0.1) is 17.8 Å². The molecule has 118 valence electrons. The molecule has 4 aliphatic carbocycles. The van der Waals surface area contributed by atoms with Crippen molar-refractivity contribution in [3.8, 4) is 0 Å². The van der Waals surface area contributed by atoms with Crippen molar-refractivity contribution in [1.82, 2.24) is 5.32 Å². The lowest BCUT2D eigenvalue weighted by molar-refractivity contribution is -0.126. The Morgan fingerprint density at radius 2 is 1.64 bits per heavy atom. The number of hydrogen-bond acceptors (Lipinski definition) is 2. The van der Waals surface area contributed by atoms with Crippen molar-refractivity contribution in [2.45, 2.75) is 55.4 Å². The van der Waals surface area contributed by atoms with Crippen LogP contribution in [-0.4, -0.2) is 17.2 Å². The van der Waals surface area contributed by atoms with E-state index in [4.69, 9.17) is 0 Å². The zero-order valence-electron chi connectivity index (χ0n) is 13.1. The van der Waals surface area contributed by atoms with Crippen LogP contribution in [0.5, 0.6) is 0 Å². The molecule has 1 aromatic carbocycles. The molecule has 0 radical (unpaired) electrons. The highest BCUT2D eigenvalue weighted by Crippen LogP contribution is 2.55. The fourth-order valence-electron chi connectivity index (χ4n) is 5.40. The average molecular weight is 315 g/mol. The van der Waals surface area contributed by atoms with Gasteiger partial charge >= 0.3 is 0 Å². The van der Waals surface area contributed by atoms with Gasteiger partial charge in [0.05, 0.1) is 0 Å². The molecule has 4 aliphatic rings. The van der Waals surface area contributed by atoms with E-state index in [9.17, 15) is 4.79 Å². The maximum Gasteiger partial charge on any atom is 0.221 e. The van der Waals surface area contributed by atoms with Crippen molar-refractivity contribution in [2.24, 2.45) is 17.8 Å². The topological polar surface area (TPSA) is 29.1 Å². The number of benzene rings is 1. The van der Waals surface area contributed by atoms with Crippen molar-refractivity contribution in [3.63, 3.8) is 0 Å². The predicted molar refractivity (Wildman–Crippen MR) is 90.8 cm³/mol. The number of thioether (sulfide) groups is 1. The molecule has 0 spiro atoms. The summed E-state index contributed by atoms with van der Waals surface area (Å²) in [5.74, 6) is 3.83. The van der Waals surface area contributed by atoms with E-state index in [1.165, 1.54) is 43.4 Å². The van der Waals surface area contributed by atoms with Crippen LogP contribution in [0.3, 0.4) is 0 Å². The van der Waals surface area contributed by atoms with E-state index in [0.29, 0.717) is 6.42 Å². The standard InChI is InChI=1S/C19H25NOS/c21-18(6-7-22-17-4-2-1-3-5-17)20-19-11-14-8-15(12-19)10-16(9-14)13-19/h1-5,14-16H,6-13H2,(H,20,21). The molecule has 22 heavy (non-hydrogen) atoms. The van der Waals surface area contributed by atoms with Gasteiger partial charge in [-0.05, 0) is 68.4 Å². The van der Waals surface area contributed by atoms with Gasteiger partial charge in [0.15, 0.2) is 0 Å². The van der Waals surface area contributed by atoms with Gasteiger partial charge in [0, 0.05) is 22.6 Å². The molecular weight excluding hydrogens is 290 g/mol. The summed E-state index contributed by atoms with van der Waals surface area (Å²) in [4.78, 5) is 13.6. The Morgan fingerprint density at radius 3 is 2.23 bits per heavy atom. The second-order valence-electron chi connectivity index (χ2n) is 7.66. The highest BCUT2D eigenvalue weighted by molar-refractivity contribution is 7.99. The molecule has 0 aromatic heterocycles. The second-order valence-corrected chi connectivity index (χ2v) is 8.83. The van der Waals surface area contributed by atoms with Crippen molar-refractivity contribution >= 4 is 17.7 Å². The minimum Gasteiger partial charge on any atom is -0.351 e. The molecule has 0 saturated heterocycles. The molecule has 0 unspecified atom stereocenters. The molecule has 4 fully saturated rings. The van der Waals surface area contributed by atoms with Crippen LogP contribution in [0.4, 0.5) is 0 Å². The lowest BCUT2D eigenvalue weighted by Gasteiger charge is -2.56. The van der Waals surface area contributed by atoms with Crippen molar-refractivity contribution in [2.75, 3.05) is 5.75 Å². The van der Waals surface area contributed by atoms with Crippen LogP contribution in [0.1, 0.15) is 44.9 Å². The van der Waals surface area contributed by atoms with E-state index in [2.05, 4.69) is 29.6 Å². The Hall–Kier alpha value is -0.960. The summed E-state index contributed by atoms with van der Waals surface area (Å²) in [6, 6.07) is 10.4. The number of carbonyl (C=O) groups excluding carboxylic acids is 1. The third-order valence-corrected chi connectivity index (χ3v) is 6.80. The highest BCUT2D eigenvalue weighted by Gasteiger charge is 2.51. The third kappa shape index (κ3) is 3.05. The number of nitrogens with one attached hydrogen (secondary N) is 1. The van der Waals surface area contributed by atoms with E-state index in [0.717, 1.165) is 23.5 Å². The van der Waals surface area contributed by atoms with E-state index in [1.54, 1.807) is 11.8 Å². The first-order valence-electron chi connectivity index (χ1n) is 8.70. The lowest BCUT2D eigenvalue weighted by Crippen LogP contribution is -2.59. The normalized spacial score (nSPS) is 35.5. The summed E-state index contributed by atoms with van der Waals surface area (Å²) < 4.78 is 0. The van der Waals surface area contributed by atoms with E-state index >= 15 is 0 Å². The Kier molecular flexibility index (Phi) is 3.93. The largest absolute Gasteiger partial charge is 0.351 e. The van der Waals surface area contributed by atoms with Crippen molar-refractivity contribution in [3.05, 3.63) is 30.3 Å². The minimum atomic E-state index is 0.170. The first-order chi connectivity index (χ1) is 10.7. The summed E-state index contributed by atoms with van der Waals surface area (Å²) in [7, 11) is 0. The van der Waals surface area contributed by atoms with Gasteiger partial charge in [-0.1, -0.05) is 18.2 Å². The number of carbonyl (C=O) groups is 1. The smallest absolute Gasteiger partial charge is 0.221 e. The summed E-state index contributed by atoms with van der Waals surface area (Å²) in [6.45, 7) is 0. The molecule has 2 nitrogen and oxygen atoms in total. The molecule has 0 heterocycles. The van der Waals surface area contributed by atoms with Gasteiger partial charge in [-0.2, -0.15) is 0 Å². The van der Waals surface area contributed by atoms with Gasteiger partial charge in [0.25, 0.3) is 0 Å². The Morgan fingerprint density at radius 1 is 1.05 bits per heavy atom. The molecule has 0 aliphatic heterocycles. The van der Waals surface area contributed by atoms with Crippen LogP contribution in [0.25, 0.3) is 0 Å². The van der Waals surface area contributed by atoms with Gasteiger partial charge < -0.3 is 5.32 Å². The summed E-state index contributed by atoms with van der Waals surface area (Å²) in [5, 5.41) is 3.46. The molecule has 0 atom stereocenters. The second kappa shape index (κ2) is 5.92. The molecule has 1 aromatic rings. The van der Waals surface area contributed by atoms with E-state index in [-0.39, 0.29) is 11.4 Å². The number of amides is 1. The summed E-state index contributed by atoms with van der Waals surface area (Å²) in [6.07, 6.45) is 8.67. The monoisotopic (exact) mass is 315 g/mol. The molecule has 5 rings (SSSR count). The van der Waals surface area contributed by atoms with Crippen LogP contribution in [0.15, 0.2) is 35.2 Å². The minimum absolute atomic E-state index is 0.170. The number of rotatable bonds is 5. The van der Waals surface area contributed by atoms with Gasteiger partial charge in [0.1, 0.15) is 0 Å². The molecular formula is C19H25NOS. The zero-order valence-corrected chi connectivity index (χ0v) is 13.9. The van der Waals surface area contributed by atoms with Gasteiger partial charge in [-0.25, -0.2) is 0 Å². The maximum absolute atomic E-state index is 12.4. The molecule has 1 amide bonds. The molecule has 4 bridgehead atoms. The van der Waals surface area contributed by atoms with Crippen LogP contribution in [-0.2, 0) is 4.79 Å². The van der Waals surface area contributed by atoms with Crippen LogP contribution < -0.4 is 5.32 Å². The third-order valence-electron chi connectivity index (χ3n) is 5.78. The zero-order chi connectivity index (χ0) is 15.0. The SMILES string of the molecule is O=C(CCSc1ccccc1)NC12CC3CC(CC(C3)C1)C2. The molecule has 1 N–H and O–H groups in total. The van der Waals surface area contributed by atoms with Gasteiger partial charge in [-0.3, -0.25) is 4.79 Å².